The van der Waals surface area contributed by atoms with Crippen molar-refractivity contribution in [2.24, 2.45) is 0 Å². The van der Waals surface area contributed by atoms with Crippen LogP contribution in [-0.4, -0.2) is 32.5 Å². The molecule has 174 valence electrons. The molecule has 0 radical (unpaired) electrons. The van der Waals surface area contributed by atoms with Gasteiger partial charge in [-0.3, -0.25) is 14.9 Å². The number of hydroxylamine groups is 1. The summed E-state index contributed by atoms with van der Waals surface area (Å²) in [6, 6.07) is 16.9. The van der Waals surface area contributed by atoms with Crippen LogP contribution in [0.4, 0.5) is 0 Å². The second-order valence-electron chi connectivity index (χ2n) is 8.74. The van der Waals surface area contributed by atoms with Crippen LogP contribution in [0.1, 0.15) is 40.4 Å². The average Bonchev–Trinajstić information content (AvgIpc) is 3.59. The van der Waals surface area contributed by atoms with E-state index in [1.54, 1.807) is 11.6 Å². The average molecular weight is 475 g/mol. The van der Waals surface area contributed by atoms with Gasteiger partial charge in [-0.25, -0.2) is 5.48 Å². The molecule has 34 heavy (non-hydrogen) atoms. The topological polar surface area (TPSA) is 84.2 Å². The number of hydrogen-bond donors (Lipinski definition) is 4. The van der Waals surface area contributed by atoms with Crippen LogP contribution in [-0.2, 0) is 24.2 Å². The van der Waals surface area contributed by atoms with Crippen LogP contribution in [0.3, 0.4) is 0 Å². The number of aromatic nitrogens is 2. The first kappa shape index (κ1) is 22.5. The molecule has 2 aromatic carbocycles. The lowest BCUT2D eigenvalue weighted by molar-refractivity contribution is -0.124. The van der Waals surface area contributed by atoms with Crippen LogP contribution >= 0.6 is 11.6 Å². The minimum absolute atomic E-state index is 0.330. The number of fused-ring (bicyclic) bond motifs is 2. The number of amides is 1. The molecular weight excluding hydrogens is 448 g/mol. The third kappa shape index (κ3) is 4.80. The van der Waals surface area contributed by atoms with E-state index in [0.29, 0.717) is 6.04 Å². The SMILES string of the molecule is O=C(C=Cc1ccc2c(c1)CCC2N(CCc1c[nH]c2cc(Cl)ccc12)Cc1ccc[nH]1)NO. The molecule has 1 aliphatic rings. The highest BCUT2D eigenvalue weighted by Gasteiger charge is 2.28. The highest BCUT2D eigenvalue weighted by Crippen LogP contribution is 2.37. The van der Waals surface area contributed by atoms with Gasteiger partial charge >= 0.3 is 0 Å². The minimum Gasteiger partial charge on any atom is -0.364 e. The van der Waals surface area contributed by atoms with Gasteiger partial charge < -0.3 is 9.97 Å². The Labute approximate surface area is 203 Å². The van der Waals surface area contributed by atoms with Crippen LogP contribution in [0.2, 0.25) is 5.02 Å². The Morgan fingerprint density at radius 3 is 2.94 bits per heavy atom. The Balaban J connectivity index is 1.37. The first-order valence-electron chi connectivity index (χ1n) is 11.5. The van der Waals surface area contributed by atoms with E-state index >= 15 is 0 Å². The van der Waals surface area contributed by atoms with Crippen LogP contribution in [0, 0.1) is 0 Å². The number of nitrogens with one attached hydrogen (secondary N) is 3. The van der Waals surface area contributed by atoms with Crippen molar-refractivity contribution < 1.29 is 10.0 Å². The van der Waals surface area contributed by atoms with Crippen LogP contribution in [0.15, 0.2) is 67.0 Å². The number of carbonyl (C=O) groups is 1. The maximum absolute atomic E-state index is 11.3. The summed E-state index contributed by atoms with van der Waals surface area (Å²) in [5.74, 6) is -0.532. The molecule has 0 bridgehead atoms. The van der Waals surface area contributed by atoms with Gasteiger partial charge in [0.05, 0.1) is 0 Å². The molecular formula is C27H27ClN4O2. The van der Waals surface area contributed by atoms with Crippen molar-refractivity contribution >= 4 is 34.5 Å². The van der Waals surface area contributed by atoms with Gasteiger partial charge in [0.1, 0.15) is 0 Å². The molecule has 4 N–H and O–H groups in total. The predicted molar refractivity (Wildman–Crippen MR) is 135 cm³/mol. The van der Waals surface area contributed by atoms with Crippen LogP contribution in [0.25, 0.3) is 17.0 Å². The zero-order valence-electron chi connectivity index (χ0n) is 18.7. The third-order valence-electron chi connectivity index (χ3n) is 6.62. The molecule has 0 fully saturated rings. The molecule has 5 rings (SSSR count). The van der Waals surface area contributed by atoms with E-state index in [4.69, 9.17) is 16.8 Å². The molecule has 1 unspecified atom stereocenters. The number of benzene rings is 2. The summed E-state index contributed by atoms with van der Waals surface area (Å²) >= 11 is 6.16. The van der Waals surface area contributed by atoms with Gasteiger partial charge in [0.2, 0.25) is 0 Å². The maximum Gasteiger partial charge on any atom is 0.267 e. The van der Waals surface area contributed by atoms with Gasteiger partial charge in [0, 0.05) is 59.2 Å². The fourth-order valence-electron chi connectivity index (χ4n) is 4.97. The number of rotatable bonds is 8. The standard InChI is InChI=1S/C27H27ClN4O2/c28-21-6-8-23-20(16-30-25(23)15-21)11-13-32(17-22-2-1-12-29-22)26-9-5-19-14-18(3-7-24(19)26)4-10-27(33)31-34/h1-4,6-8,10,12,14-16,26,29-30,34H,5,9,11,13,17H2,(H,31,33). The fourth-order valence-corrected chi connectivity index (χ4v) is 5.14. The van der Waals surface area contributed by atoms with E-state index in [1.165, 1.54) is 33.8 Å². The predicted octanol–water partition coefficient (Wildman–Crippen LogP) is 5.40. The highest BCUT2D eigenvalue weighted by molar-refractivity contribution is 6.31. The van der Waals surface area contributed by atoms with Crippen molar-refractivity contribution in [3.63, 3.8) is 0 Å². The summed E-state index contributed by atoms with van der Waals surface area (Å²) in [5, 5.41) is 10.7. The zero-order valence-corrected chi connectivity index (χ0v) is 19.5. The van der Waals surface area contributed by atoms with Crippen molar-refractivity contribution in [2.45, 2.75) is 31.8 Å². The van der Waals surface area contributed by atoms with Gasteiger partial charge in [-0.15, -0.1) is 0 Å². The molecule has 0 spiro atoms. The second kappa shape index (κ2) is 9.89. The molecule has 0 saturated carbocycles. The largest absolute Gasteiger partial charge is 0.364 e. The minimum atomic E-state index is -0.532. The lowest BCUT2D eigenvalue weighted by Crippen LogP contribution is -2.29. The van der Waals surface area contributed by atoms with Gasteiger partial charge in [0.25, 0.3) is 5.91 Å². The lowest BCUT2D eigenvalue weighted by atomic mass is 10.0. The fraction of sp³-hybridized carbons (Fsp3) is 0.222. The maximum atomic E-state index is 11.3. The zero-order chi connectivity index (χ0) is 23.5. The summed E-state index contributed by atoms with van der Waals surface area (Å²) in [6.45, 7) is 1.78. The monoisotopic (exact) mass is 474 g/mol. The molecule has 2 heterocycles. The first-order chi connectivity index (χ1) is 16.6. The summed E-state index contributed by atoms with van der Waals surface area (Å²) in [5.41, 5.74) is 8.81. The number of aryl methyl sites for hydroxylation is 1. The van der Waals surface area contributed by atoms with E-state index < -0.39 is 5.91 Å². The third-order valence-corrected chi connectivity index (χ3v) is 6.86. The van der Waals surface area contributed by atoms with Crippen molar-refractivity contribution in [3.8, 4) is 0 Å². The number of hydrogen-bond acceptors (Lipinski definition) is 3. The molecule has 4 aromatic rings. The van der Waals surface area contributed by atoms with E-state index in [1.807, 2.05) is 30.5 Å². The molecule has 1 atom stereocenters. The van der Waals surface area contributed by atoms with Gasteiger partial charge in [-0.05, 0) is 71.9 Å². The molecule has 7 heteroatoms. The molecule has 0 aliphatic heterocycles. The summed E-state index contributed by atoms with van der Waals surface area (Å²) in [4.78, 5) is 20.6. The van der Waals surface area contributed by atoms with Crippen molar-refractivity contribution in [2.75, 3.05) is 6.54 Å². The number of halogens is 1. The molecule has 2 aromatic heterocycles. The Hall–Kier alpha value is -3.32. The van der Waals surface area contributed by atoms with Gasteiger partial charge in [-0.1, -0.05) is 35.9 Å². The summed E-state index contributed by atoms with van der Waals surface area (Å²) in [6.07, 6.45) is 10.1. The smallest absolute Gasteiger partial charge is 0.267 e. The number of nitrogens with zero attached hydrogens (tertiary/aromatic N) is 1. The van der Waals surface area contributed by atoms with E-state index in [0.717, 1.165) is 48.5 Å². The van der Waals surface area contributed by atoms with Crippen molar-refractivity contribution in [1.29, 1.82) is 0 Å². The van der Waals surface area contributed by atoms with E-state index in [9.17, 15) is 4.79 Å². The van der Waals surface area contributed by atoms with Crippen molar-refractivity contribution in [3.05, 3.63) is 100.0 Å². The normalized spacial score (nSPS) is 15.4. The molecule has 0 saturated heterocycles. The highest BCUT2D eigenvalue weighted by atomic mass is 35.5. The molecule has 1 amide bonds. The van der Waals surface area contributed by atoms with E-state index in [2.05, 4.69) is 45.3 Å². The van der Waals surface area contributed by atoms with Gasteiger partial charge in [-0.2, -0.15) is 0 Å². The summed E-state index contributed by atoms with van der Waals surface area (Å²) in [7, 11) is 0. The Morgan fingerprint density at radius 2 is 2.12 bits per heavy atom. The van der Waals surface area contributed by atoms with Crippen LogP contribution < -0.4 is 5.48 Å². The second-order valence-corrected chi connectivity index (χ2v) is 9.18. The van der Waals surface area contributed by atoms with E-state index in [-0.39, 0.29) is 0 Å². The molecule has 1 aliphatic carbocycles. The lowest BCUT2D eigenvalue weighted by Gasteiger charge is -2.29. The van der Waals surface area contributed by atoms with Crippen molar-refractivity contribution in [1.82, 2.24) is 20.3 Å². The van der Waals surface area contributed by atoms with Gasteiger partial charge in [0.15, 0.2) is 0 Å². The molecule has 6 nitrogen and oxygen atoms in total. The Bertz CT molecular complexity index is 1330. The Kier molecular flexibility index (Phi) is 6.54. The first-order valence-corrected chi connectivity index (χ1v) is 11.9. The number of H-pyrrole nitrogens is 2. The quantitative estimate of drug-likeness (QED) is 0.157. The Morgan fingerprint density at radius 1 is 1.21 bits per heavy atom. The number of carbonyl (C=O) groups excluding carboxylic acids is 1. The van der Waals surface area contributed by atoms with Crippen LogP contribution in [0.5, 0.6) is 0 Å². The summed E-state index contributed by atoms with van der Waals surface area (Å²) < 4.78 is 0. The number of aromatic amines is 2.